The van der Waals surface area contributed by atoms with Gasteiger partial charge in [-0.15, -0.1) is 11.3 Å². The van der Waals surface area contributed by atoms with Crippen molar-refractivity contribution in [2.24, 2.45) is 0 Å². The number of thiazole rings is 1. The number of fused-ring (bicyclic) bond motifs is 1. The van der Waals surface area contributed by atoms with E-state index < -0.39 is 5.60 Å². The predicted octanol–water partition coefficient (Wildman–Crippen LogP) is 2.37. The van der Waals surface area contributed by atoms with Crippen molar-refractivity contribution < 1.29 is 9.90 Å². The van der Waals surface area contributed by atoms with Crippen LogP contribution < -0.4 is 10.6 Å². The molecule has 3 heterocycles. The van der Waals surface area contributed by atoms with Crippen molar-refractivity contribution in [3.63, 3.8) is 0 Å². The maximum absolute atomic E-state index is 12.4. The van der Waals surface area contributed by atoms with Crippen molar-refractivity contribution in [2.75, 3.05) is 25.0 Å². The van der Waals surface area contributed by atoms with Gasteiger partial charge in [0, 0.05) is 30.7 Å². The van der Waals surface area contributed by atoms with Crippen molar-refractivity contribution in [2.45, 2.75) is 50.3 Å². The molecule has 2 aromatic heterocycles. The summed E-state index contributed by atoms with van der Waals surface area (Å²) in [4.78, 5) is 19.9. The van der Waals surface area contributed by atoms with Gasteiger partial charge in [0.1, 0.15) is 5.60 Å². The molecule has 0 unspecified atom stereocenters. The number of hydrogen-bond acceptors (Lipinski definition) is 7. The third kappa shape index (κ3) is 4.17. The lowest BCUT2D eigenvalue weighted by atomic mass is 9.80. The molecule has 3 aromatic rings. The van der Waals surface area contributed by atoms with Crippen LogP contribution in [0.4, 0.5) is 5.82 Å². The SMILES string of the molecule is Cc1ccc2[nH]nc(NCC(=O)NC3CN(C4CCC(O)(c5cncs5)CC4)C3)c2c1. The van der Waals surface area contributed by atoms with E-state index >= 15 is 0 Å². The van der Waals surface area contributed by atoms with E-state index in [1.807, 2.05) is 19.1 Å². The lowest BCUT2D eigenvalue weighted by molar-refractivity contribution is -0.121. The number of hydrogen-bond donors (Lipinski definition) is 4. The lowest BCUT2D eigenvalue weighted by Gasteiger charge is -2.48. The van der Waals surface area contributed by atoms with E-state index in [2.05, 4.69) is 36.8 Å². The Hall–Kier alpha value is -2.49. The Bertz CT molecular complexity index is 1050. The van der Waals surface area contributed by atoms with Crippen LogP contribution in [0.5, 0.6) is 0 Å². The van der Waals surface area contributed by atoms with Gasteiger partial charge < -0.3 is 15.7 Å². The molecule has 0 bridgehead atoms. The summed E-state index contributed by atoms with van der Waals surface area (Å²) < 4.78 is 0. The molecule has 1 saturated carbocycles. The maximum Gasteiger partial charge on any atom is 0.239 e. The number of H-pyrrole nitrogens is 1. The summed E-state index contributed by atoms with van der Waals surface area (Å²) in [6.07, 6.45) is 5.29. The molecule has 1 amide bonds. The van der Waals surface area contributed by atoms with E-state index in [9.17, 15) is 9.90 Å². The summed E-state index contributed by atoms with van der Waals surface area (Å²) in [7, 11) is 0. The topological polar surface area (TPSA) is 106 Å². The van der Waals surface area contributed by atoms with Crippen LogP contribution in [0.2, 0.25) is 0 Å². The third-order valence-corrected chi connectivity index (χ3v) is 7.57. The van der Waals surface area contributed by atoms with Crippen molar-refractivity contribution >= 4 is 34.0 Å². The normalized spacial score (nSPS) is 24.8. The molecule has 1 saturated heterocycles. The monoisotopic (exact) mass is 440 g/mol. The minimum absolute atomic E-state index is 0.0170. The second-order valence-electron chi connectivity index (χ2n) is 8.82. The summed E-state index contributed by atoms with van der Waals surface area (Å²) in [5, 5.41) is 25.4. The Kier molecular flexibility index (Phi) is 5.41. The fourth-order valence-electron chi connectivity index (χ4n) is 4.74. The number of carbonyl (C=O) groups is 1. The quantitative estimate of drug-likeness (QED) is 0.469. The minimum atomic E-state index is -0.712. The highest BCUT2D eigenvalue weighted by Crippen LogP contribution is 2.40. The molecule has 1 aliphatic carbocycles. The molecule has 4 N–H and O–H groups in total. The Labute approximate surface area is 185 Å². The first-order chi connectivity index (χ1) is 15.0. The number of aliphatic hydroxyl groups is 1. The van der Waals surface area contributed by atoms with E-state index in [1.54, 1.807) is 11.7 Å². The zero-order valence-electron chi connectivity index (χ0n) is 17.6. The zero-order valence-corrected chi connectivity index (χ0v) is 18.4. The van der Waals surface area contributed by atoms with Gasteiger partial charge in [-0.3, -0.25) is 19.8 Å². The number of likely N-dealkylation sites (tertiary alicyclic amines) is 1. The number of anilines is 1. The van der Waals surface area contributed by atoms with E-state index in [0.29, 0.717) is 11.9 Å². The molecule has 164 valence electrons. The first kappa shape index (κ1) is 20.4. The minimum Gasteiger partial charge on any atom is -0.384 e. The Balaban J connectivity index is 1.06. The van der Waals surface area contributed by atoms with Crippen LogP contribution in [-0.4, -0.2) is 62.8 Å². The van der Waals surface area contributed by atoms with Crippen LogP contribution in [0.25, 0.3) is 10.9 Å². The Morgan fingerprint density at radius 1 is 1.35 bits per heavy atom. The molecule has 1 aromatic carbocycles. The molecule has 2 fully saturated rings. The second-order valence-corrected chi connectivity index (χ2v) is 9.71. The number of amides is 1. The number of benzene rings is 1. The van der Waals surface area contributed by atoms with Crippen LogP contribution in [-0.2, 0) is 10.4 Å². The van der Waals surface area contributed by atoms with Gasteiger partial charge in [-0.05, 0) is 44.7 Å². The molecular weight excluding hydrogens is 412 g/mol. The number of aromatic nitrogens is 3. The van der Waals surface area contributed by atoms with Gasteiger partial charge in [0.05, 0.1) is 28.5 Å². The third-order valence-electron chi connectivity index (χ3n) is 6.60. The lowest BCUT2D eigenvalue weighted by Crippen LogP contribution is -2.63. The predicted molar refractivity (Wildman–Crippen MR) is 121 cm³/mol. The van der Waals surface area contributed by atoms with E-state index in [4.69, 9.17) is 0 Å². The molecule has 2 aliphatic rings. The highest BCUT2D eigenvalue weighted by atomic mass is 32.1. The van der Waals surface area contributed by atoms with Gasteiger partial charge in [0.2, 0.25) is 5.91 Å². The number of rotatable bonds is 6. The zero-order chi connectivity index (χ0) is 21.4. The van der Waals surface area contributed by atoms with Gasteiger partial charge in [-0.25, -0.2) is 0 Å². The number of nitrogens with zero attached hydrogens (tertiary/aromatic N) is 3. The van der Waals surface area contributed by atoms with Crippen molar-refractivity contribution in [3.8, 4) is 0 Å². The smallest absolute Gasteiger partial charge is 0.239 e. The van der Waals surface area contributed by atoms with Gasteiger partial charge in [-0.2, -0.15) is 5.10 Å². The van der Waals surface area contributed by atoms with Crippen LogP contribution in [0.3, 0.4) is 0 Å². The molecule has 5 rings (SSSR count). The highest BCUT2D eigenvalue weighted by Gasteiger charge is 2.40. The first-order valence-electron chi connectivity index (χ1n) is 10.8. The molecule has 31 heavy (non-hydrogen) atoms. The van der Waals surface area contributed by atoms with Crippen molar-refractivity contribution in [1.29, 1.82) is 0 Å². The van der Waals surface area contributed by atoms with Crippen molar-refractivity contribution in [3.05, 3.63) is 40.3 Å². The molecule has 0 spiro atoms. The summed E-state index contributed by atoms with van der Waals surface area (Å²) in [5.74, 6) is 0.691. The average molecular weight is 441 g/mol. The summed E-state index contributed by atoms with van der Waals surface area (Å²) in [6.45, 7) is 3.99. The maximum atomic E-state index is 12.4. The van der Waals surface area contributed by atoms with Crippen LogP contribution in [0.1, 0.15) is 36.1 Å². The summed E-state index contributed by atoms with van der Waals surface area (Å²) in [5.41, 5.74) is 3.19. The fourth-order valence-corrected chi connectivity index (χ4v) is 5.53. The molecule has 9 heteroatoms. The number of nitrogens with one attached hydrogen (secondary N) is 3. The van der Waals surface area contributed by atoms with E-state index in [0.717, 1.165) is 60.1 Å². The summed E-state index contributed by atoms with van der Waals surface area (Å²) in [6, 6.07) is 6.76. The van der Waals surface area contributed by atoms with Gasteiger partial charge in [0.25, 0.3) is 0 Å². The molecule has 0 radical (unpaired) electrons. The largest absolute Gasteiger partial charge is 0.384 e. The highest BCUT2D eigenvalue weighted by molar-refractivity contribution is 7.09. The van der Waals surface area contributed by atoms with Gasteiger partial charge in [0.15, 0.2) is 5.82 Å². The van der Waals surface area contributed by atoms with Crippen molar-refractivity contribution in [1.82, 2.24) is 25.4 Å². The Morgan fingerprint density at radius 3 is 2.90 bits per heavy atom. The van der Waals surface area contributed by atoms with Crippen LogP contribution >= 0.6 is 11.3 Å². The number of aryl methyl sites for hydroxylation is 1. The molecule has 0 atom stereocenters. The van der Waals surface area contributed by atoms with Gasteiger partial charge in [-0.1, -0.05) is 11.6 Å². The van der Waals surface area contributed by atoms with Crippen LogP contribution in [0.15, 0.2) is 29.9 Å². The first-order valence-corrected chi connectivity index (χ1v) is 11.7. The van der Waals surface area contributed by atoms with E-state index in [1.165, 1.54) is 11.3 Å². The molecule has 1 aliphatic heterocycles. The summed E-state index contributed by atoms with van der Waals surface area (Å²) >= 11 is 1.53. The number of aromatic amines is 1. The number of carbonyl (C=O) groups excluding carboxylic acids is 1. The second kappa shape index (κ2) is 8.22. The van der Waals surface area contributed by atoms with Gasteiger partial charge >= 0.3 is 0 Å². The average Bonchev–Trinajstić information content (AvgIpc) is 3.40. The standard InChI is InChI=1S/C22H28N6O2S/c1-14-2-3-18-17(8-14)21(27-26-18)24-10-20(29)25-15-11-28(12-15)16-4-6-22(30,7-5-16)19-9-23-13-31-19/h2-3,8-9,13,15-16,30H,4-7,10-12H2,1H3,(H,25,29)(H2,24,26,27). The van der Waals surface area contributed by atoms with Crippen LogP contribution in [0, 0.1) is 6.92 Å². The van der Waals surface area contributed by atoms with E-state index in [-0.39, 0.29) is 18.5 Å². The molecular formula is C22H28N6O2S. The Morgan fingerprint density at radius 2 is 2.16 bits per heavy atom. The fraction of sp³-hybridized carbons (Fsp3) is 0.500. The molecule has 8 nitrogen and oxygen atoms in total.